The molecule has 1 rings (SSSR count). The lowest BCUT2D eigenvalue weighted by Gasteiger charge is -2.24. The summed E-state index contributed by atoms with van der Waals surface area (Å²) in [7, 11) is 0. The summed E-state index contributed by atoms with van der Waals surface area (Å²) in [5.74, 6) is -0.476. The van der Waals surface area contributed by atoms with E-state index in [-0.39, 0.29) is 0 Å². The third kappa shape index (κ3) is 2.74. The first-order valence-corrected chi connectivity index (χ1v) is 5.44. The zero-order chi connectivity index (χ0) is 12.3. The number of nitrogens with two attached hydrogens (primary N) is 1. The molecule has 0 aliphatic heterocycles. The van der Waals surface area contributed by atoms with Crippen molar-refractivity contribution in [2.45, 2.75) is 19.4 Å². The molecule has 0 spiro atoms. The summed E-state index contributed by atoms with van der Waals surface area (Å²) in [5.41, 5.74) is 5.41. The van der Waals surface area contributed by atoms with E-state index in [0.717, 1.165) is 4.47 Å². The summed E-state index contributed by atoms with van der Waals surface area (Å²) in [6, 6.07) is 7.22. The van der Waals surface area contributed by atoms with E-state index in [2.05, 4.69) is 21.2 Å². The highest BCUT2D eigenvalue weighted by Gasteiger charge is 2.25. The van der Waals surface area contributed by atoms with Crippen molar-refractivity contribution in [1.29, 1.82) is 5.26 Å². The first-order chi connectivity index (χ1) is 7.36. The van der Waals surface area contributed by atoms with E-state index in [0.29, 0.717) is 11.3 Å². The first-order valence-electron chi connectivity index (χ1n) is 4.64. The minimum absolute atomic E-state index is 0.470. The van der Waals surface area contributed by atoms with Crippen LogP contribution in [0.2, 0.25) is 0 Å². The number of carbonyl (C=O) groups excluding carboxylic acids is 1. The number of benzene rings is 1. The molecule has 0 aromatic heterocycles. The van der Waals surface area contributed by atoms with Crippen molar-refractivity contribution in [3.63, 3.8) is 0 Å². The Labute approximate surface area is 103 Å². The van der Waals surface area contributed by atoms with Crippen LogP contribution >= 0.6 is 15.9 Å². The summed E-state index contributed by atoms with van der Waals surface area (Å²) in [4.78, 5) is 11.2. The largest absolute Gasteiger partial charge is 0.371 e. The first kappa shape index (κ1) is 12.5. The molecule has 1 aromatic carbocycles. The van der Waals surface area contributed by atoms with E-state index in [1.165, 1.54) is 0 Å². The van der Waals surface area contributed by atoms with E-state index in [1.807, 2.05) is 6.07 Å². The molecule has 0 aliphatic carbocycles. The summed E-state index contributed by atoms with van der Waals surface area (Å²) < 4.78 is 0.828. The Kier molecular flexibility index (Phi) is 3.55. The summed E-state index contributed by atoms with van der Waals surface area (Å²) in [5, 5.41) is 11.9. The molecule has 5 heteroatoms. The van der Waals surface area contributed by atoms with Crippen LogP contribution in [-0.2, 0) is 4.79 Å². The zero-order valence-electron chi connectivity index (χ0n) is 9.04. The van der Waals surface area contributed by atoms with Crippen LogP contribution < -0.4 is 11.1 Å². The maximum atomic E-state index is 11.2. The van der Waals surface area contributed by atoms with Crippen LogP contribution in [0.3, 0.4) is 0 Å². The Morgan fingerprint density at radius 1 is 1.56 bits per heavy atom. The average Bonchev–Trinajstić information content (AvgIpc) is 2.17. The molecule has 16 heavy (non-hydrogen) atoms. The molecular formula is C11H12BrN3O. The van der Waals surface area contributed by atoms with Gasteiger partial charge in [0.05, 0.1) is 11.3 Å². The second-order valence-electron chi connectivity index (χ2n) is 3.92. The molecular weight excluding hydrogens is 270 g/mol. The van der Waals surface area contributed by atoms with E-state index in [4.69, 9.17) is 11.0 Å². The summed E-state index contributed by atoms with van der Waals surface area (Å²) in [6.45, 7) is 3.33. The minimum atomic E-state index is -0.896. The molecule has 3 N–H and O–H groups in total. The van der Waals surface area contributed by atoms with Gasteiger partial charge < -0.3 is 11.1 Å². The van der Waals surface area contributed by atoms with Gasteiger partial charge in [-0.1, -0.05) is 15.9 Å². The van der Waals surface area contributed by atoms with Crippen LogP contribution in [0.4, 0.5) is 5.69 Å². The number of carbonyl (C=O) groups is 1. The fourth-order valence-electron chi connectivity index (χ4n) is 1.12. The molecule has 1 amide bonds. The number of halogens is 1. The average molecular weight is 282 g/mol. The van der Waals surface area contributed by atoms with Crippen LogP contribution in [0.15, 0.2) is 22.7 Å². The van der Waals surface area contributed by atoms with Gasteiger partial charge >= 0.3 is 0 Å². The van der Waals surface area contributed by atoms with Gasteiger partial charge in [0.1, 0.15) is 11.6 Å². The molecule has 0 saturated carbocycles. The molecule has 0 heterocycles. The highest BCUT2D eigenvalue weighted by molar-refractivity contribution is 9.10. The van der Waals surface area contributed by atoms with Crippen molar-refractivity contribution in [2.24, 2.45) is 5.73 Å². The van der Waals surface area contributed by atoms with Crippen molar-refractivity contribution < 1.29 is 4.79 Å². The zero-order valence-corrected chi connectivity index (χ0v) is 10.6. The number of hydrogen-bond acceptors (Lipinski definition) is 3. The van der Waals surface area contributed by atoms with Gasteiger partial charge in [-0.25, -0.2) is 0 Å². The Bertz CT molecular complexity index is 463. The highest BCUT2D eigenvalue weighted by atomic mass is 79.9. The lowest BCUT2D eigenvalue weighted by Crippen LogP contribution is -2.45. The van der Waals surface area contributed by atoms with Gasteiger partial charge in [-0.15, -0.1) is 0 Å². The Balaban J connectivity index is 3.10. The molecule has 0 radical (unpaired) electrons. The number of amides is 1. The van der Waals surface area contributed by atoms with Gasteiger partial charge in [-0.05, 0) is 32.0 Å². The quantitative estimate of drug-likeness (QED) is 0.889. The number of primary amides is 1. The molecule has 0 fully saturated rings. The van der Waals surface area contributed by atoms with Gasteiger partial charge in [0, 0.05) is 4.47 Å². The van der Waals surface area contributed by atoms with E-state index in [1.54, 1.807) is 32.0 Å². The number of rotatable bonds is 3. The van der Waals surface area contributed by atoms with Gasteiger partial charge in [0.15, 0.2) is 0 Å². The third-order valence-corrected chi connectivity index (χ3v) is 2.66. The van der Waals surface area contributed by atoms with E-state index < -0.39 is 11.4 Å². The monoisotopic (exact) mass is 281 g/mol. The van der Waals surface area contributed by atoms with Gasteiger partial charge in [-0.2, -0.15) is 5.26 Å². The maximum Gasteiger partial charge on any atom is 0.242 e. The Morgan fingerprint density at radius 3 is 2.69 bits per heavy atom. The van der Waals surface area contributed by atoms with Crippen LogP contribution in [0.1, 0.15) is 19.4 Å². The molecule has 84 valence electrons. The molecule has 0 saturated heterocycles. The molecule has 0 bridgehead atoms. The third-order valence-electron chi connectivity index (χ3n) is 2.17. The smallest absolute Gasteiger partial charge is 0.242 e. The minimum Gasteiger partial charge on any atom is -0.371 e. The van der Waals surface area contributed by atoms with Crippen molar-refractivity contribution in [3.8, 4) is 6.07 Å². The predicted molar refractivity (Wildman–Crippen MR) is 65.8 cm³/mol. The predicted octanol–water partition coefficient (Wildman–Crippen LogP) is 2.00. The fourth-order valence-corrected chi connectivity index (χ4v) is 1.48. The number of nitriles is 1. The standard InChI is InChI=1S/C11H12BrN3O/c1-11(2,10(14)16)15-9-5-8(12)4-3-7(9)6-13/h3-5,15H,1-2H3,(H2,14,16). The number of anilines is 1. The van der Waals surface area contributed by atoms with Crippen molar-refractivity contribution in [3.05, 3.63) is 28.2 Å². The van der Waals surface area contributed by atoms with Crippen molar-refractivity contribution in [1.82, 2.24) is 0 Å². The Hall–Kier alpha value is -1.54. The molecule has 4 nitrogen and oxygen atoms in total. The number of nitrogens with zero attached hydrogens (tertiary/aromatic N) is 1. The molecule has 0 aliphatic rings. The van der Waals surface area contributed by atoms with Crippen molar-refractivity contribution in [2.75, 3.05) is 5.32 Å². The van der Waals surface area contributed by atoms with E-state index in [9.17, 15) is 4.79 Å². The lowest BCUT2D eigenvalue weighted by molar-refractivity contribution is -0.121. The summed E-state index contributed by atoms with van der Waals surface area (Å²) >= 11 is 3.30. The topological polar surface area (TPSA) is 78.9 Å². The van der Waals surface area contributed by atoms with Gasteiger partial charge in [0.25, 0.3) is 0 Å². The van der Waals surface area contributed by atoms with Crippen LogP contribution in [0, 0.1) is 11.3 Å². The SMILES string of the molecule is CC(C)(Nc1cc(Br)ccc1C#N)C(N)=O. The second-order valence-corrected chi connectivity index (χ2v) is 4.83. The Morgan fingerprint density at radius 2 is 2.19 bits per heavy atom. The summed E-state index contributed by atoms with van der Waals surface area (Å²) in [6.07, 6.45) is 0. The molecule has 1 aromatic rings. The van der Waals surface area contributed by atoms with Crippen LogP contribution in [0.25, 0.3) is 0 Å². The van der Waals surface area contributed by atoms with Gasteiger partial charge in [-0.3, -0.25) is 4.79 Å². The highest BCUT2D eigenvalue weighted by Crippen LogP contribution is 2.23. The fraction of sp³-hybridized carbons (Fsp3) is 0.273. The number of hydrogen-bond donors (Lipinski definition) is 2. The van der Waals surface area contributed by atoms with Crippen LogP contribution in [0.5, 0.6) is 0 Å². The van der Waals surface area contributed by atoms with Gasteiger partial charge in [0.2, 0.25) is 5.91 Å². The van der Waals surface area contributed by atoms with Crippen molar-refractivity contribution >= 4 is 27.5 Å². The van der Waals surface area contributed by atoms with E-state index >= 15 is 0 Å². The number of nitrogens with one attached hydrogen (secondary N) is 1. The molecule has 0 unspecified atom stereocenters. The molecule has 0 atom stereocenters. The normalized spacial score (nSPS) is 10.6. The second kappa shape index (κ2) is 4.54. The maximum absolute atomic E-state index is 11.2. The lowest BCUT2D eigenvalue weighted by atomic mass is 10.0. The van der Waals surface area contributed by atoms with Crippen LogP contribution in [-0.4, -0.2) is 11.4 Å².